The van der Waals surface area contributed by atoms with E-state index in [9.17, 15) is 0 Å². The number of nitriles is 1. The maximum Gasteiger partial charge on any atom is 0.174 e. The summed E-state index contributed by atoms with van der Waals surface area (Å²) in [5.41, 5.74) is 1.14. The number of ether oxygens (including phenoxy) is 1. The fraction of sp³-hybridized carbons (Fsp3) is 0.611. The summed E-state index contributed by atoms with van der Waals surface area (Å²) >= 11 is 0. The van der Waals surface area contributed by atoms with Crippen molar-refractivity contribution in [2.45, 2.75) is 45.2 Å². The van der Waals surface area contributed by atoms with Crippen LogP contribution in [0.2, 0.25) is 0 Å². The van der Waals surface area contributed by atoms with E-state index in [1.807, 2.05) is 24.3 Å². The van der Waals surface area contributed by atoms with Gasteiger partial charge in [-0.15, -0.1) is 0 Å². The van der Waals surface area contributed by atoms with Gasteiger partial charge in [-0.1, -0.05) is 24.6 Å². The van der Waals surface area contributed by atoms with E-state index in [0.29, 0.717) is 6.04 Å². The first-order chi connectivity index (χ1) is 10.3. The molecule has 3 rings (SSSR count). The Morgan fingerprint density at radius 1 is 1.33 bits per heavy atom. The Morgan fingerprint density at radius 3 is 2.90 bits per heavy atom. The van der Waals surface area contributed by atoms with Crippen molar-refractivity contribution in [3.05, 3.63) is 29.8 Å². The van der Waals surface area contributed by atoms with Crippen LogP contribution in [-0.2, 0) is 6.54 Å². The molecule has 4 unspecified atom stereocenters. The van der Waals surface area contributed by atoms with E-state index in [1.165, 1.54) is 25.7 Å². The smallest absolute Gasteiger partial charge is 0.174 e. The van der Waals surface area contributed by atoms with Crippen molar-refractivity contribution in [3.8, 4) is 11.8 Å². The van der Waals surface area contributed by atoms with Crippen LogP contribution in [0.25, 0.3) is 0 Å². The maximum absolute atomic E-state index is 8.65. The molecule has 2 saturated carbocycles. The molecule has 0 aromatic heterocycles. The van der Waals surface area contributed by atoms with Gasteiger partial charge in [0.1, 0.15) is 11.8 Å². The molecule has 3 nitrogen and oxygen atoms in total. The van der Waals surface area contributed by atoms with Gasteiger partial charge >= 0.3 is 0 Å². The standard InChI is InChI=1S/C18H24N2O/c1-13(17-11-14-6-7-15(17)10-14)20-12-16-4-2-3-5-18(16)21-9-8-19/h2-5,13-15,17,20H,6-7,9-12H2,1H3. The highest BCUT2D eigenvalue weighted by molar-refractivity contribution is 5.33. The molecular weight excluding hydrogens is 260 g/mol. The van der Waals surface area contributed by atoms with Crippen molar-refractivity contribution in [3.63, 3.8) is 0 Å². The van der Waals surface area contributed by atoms with Crippen LogP contribution in [0, 0.1) is 29.1 Å². The quantitative estimate of drug-likeness (QED) is 0.869. The molecule has 0 heterocycles. The summed E-state index contributed by atoms with van der Waals surface area (Å²) in [7, 11) is 0. The van der Waals surface area contributed by atoms with Gasteiger partial charge in [0.25, 0.3) is 0 Å². The largest absolute Gasteiger partial charge is 0.478 e. The molecule has 0 radical (unpaired) electrons. The molecule has 112 valence electrons. The Labute approximate surface area is 127 Å². The molecule has 3 heteroatoms. The SMILES string of the molecule is CC(NCc1ccccc1OCC#N)C1CC2CCC1C2. The molecule has 2 fully saturated rings. The number of hydrogen-bond donors (Lipinski definition) is 1. The van der Waals surface area contributed by atoms with Crippen LogP contribution < -0.4 is 10.1 Å². The second-order valence-corrected chi connectivity index (χ2v) is 6.56. The molecule has 4 atom stereocenters. The Balaban J connectivity index is 1.56. The van der Waals surface area contributed by atoms with Gasteiger partial charge in [0.2, 0.25) is 0 Å². The molecule has 1 aromatic rings. The normalized spacial score (nSPS) is 28.3. The van der Waals surface area contributed by atoms with Gasteiger partial charge in [-0.3, -0.25) is 0 Å². The van der Waals surface area contributed by atoms with Gasteiger partial charge in [-0.25, -0.2) is 0 Å². The topological polar surface area (TPSA) is 45.0 Å². The molecule has 1 N–H and O–H groups in total. The minimum atomic E-state index is 0.110. The molecule has 0 spiro atoms. The van der Waals surface area contributed by atoms with Crippen LogP contribution in [0.5, 0.6) is 5.75 Å². The first-order valence-corrected chi connectivity index (χ1v) is 8.09. The van der Waals surface area contributed by atoms with E-state index in [4.69, 9.17) is 10.00 Å². The van der Waals surface area contributed by atoms with Gasteiger partial charge in [-0.2, -0.15) is 5.26 Å². The highest BCUT2D eigenvalue weighted by Crippen LogP contribution is 2.49. The summed E-state index contributed by atoms with van der Waals surface area (Å²) in [6, 6.07) is 10.6. The minimum Gasteiger partial charge on any atom is -0.478 e. The first-order valence-electron chi connectivity index (χ1n) is 8.09. The fourth-order valence-electron chi connectivity index (χ4n) is 4.23. The molecule has 0 aliphatic heterocycles. The molecule has 2 aliphatic rings. The Bertz CT molecular complexity index is 522. The van der Waals surface area contributed by atoms with E-state index >= 15 is 0 Å². The Kier molecular flexibility index (Phi) is 4.45. The summed E-state index contributed by atoms with van der Waals surface area (Å²) in [6.07, 6.45) is 5.76. The van der Waals surface area contributed by atoms with Crippen LogP contribution in [0.4, 0.5) is 0 Å². The number of nitrogens with zero attached hydrogens (tertiary/aromatic N) is 1. The molecule has 21 heavy (non-hydrogen) atoms. The zero-order valence-electron chi connectivity index (χ0n) is 12.7. The lowest BCUT2D eigenvalue weighted by Gasteiger charge is -2.29. The van der Waals surface area contributed by atoms with Crippen molar-refractivity contribution in [2.24, 2.45) is 17.8 Å². The van der Waals surface area contributed by atoms with E-state index in [2.05, 4.69) is 18.3 Å². The van der Waals surface area contributed by atoms with Crippen molar-refractivity contribution < 1.29 is 4.74 Å². The molecule has 2 bridgehead atoms. The monoisotopic (exact) mass is 284 g/mol. The third kappa shape index (κ3) is 3.22. The zero-order valence-corrected chi connectivity index (χ0v) is 12.7. The number of benzene rings is 1. The maximum atomic E-state index is 8.65. The third-order valence-electron chi connectivity index (χ3n) is 5.31. The second-order valence-electron chi connectivity index (χ2n) is 6.56. The summed E-state index contributed by atoms with van der Waals surface area (Å²) in [5, 5.41) is 12.3. The van der Waals surface area contributed by atoms with Crippen LogP contribution in [0.15, 0.2) is 24.3 Å². The van der Waals surface area contributed by atoms with E-state index in [1.54, 1.807) is 0 Å². The predicted molar refractivity (Wildman–Crippen MR) is 82.8 cm³/mol. The molecule has 1 aromatic carbocycles. The highest BCUT2D eigenvalue weighted by Gasteiger charge is 2.41. The van der Waals surface area contributed by atoms with Crippen molar-refractivity contribution in [1.29, 1.82) is 5.26 Å². The van der Waals surface area contributed by atoms with E-state index in [-0.39, 0.29) is 6.61 Å². The summed E-state index contributed by atoms with van der Waals surface area (Å²) < 4.78 is 5.49. The molecule has 0 amide bonds. The number of hydrogen-bond acceptors (Lipinski definition) is 3. The van der Waals surface area contributed by atoms with Gasteiger partial charge in [0, 0.05) is 18.2 Å². The van der Waals surface area contributed by atoms with Gasteiger partial charge in [-0.05, 0) is 50.0 Å². The van der Waals surface area contributed by atoms with Crippen LogP contribution in [0.1, 0.15) is 38.2 Å². The summed E-state index contributed by atoms with van der Waals surface area (Å²) in [5.74, 6) is 3.61. The minimum absolute atomic E-state index is 0.110. The average Bonchev–Trinajstić information content (AvgIpc) is 3.14. The number of para-hydroxylation sites is 1. The summed E-state index contributed by atoms with van der Waals surface area (Å²) in [6.45, 7) is 3.25. The molecule has 0 saturated heterocycles. The lowest BCUT2D eigenvalue weighted by atomic mass is 9.84. The van der Waals surface area contributed by atoms with E-state index in [0.717, 1.165) is 35.6 Å². The van der Waals surface area contributed by atoms with Gasteiger partial charge in [0.05, 0.1) is 0 Å². The number of rotatable bonds is 6. The zero-order chi connectivity index (χ0) is 14.7. The van der Waals surface area contributed by atoms with E-state index < -0.39 is 0 Å². The number of fused-ring (bicyclic) bond motifs is 2. The van der Waals surface area contributed by atoms with Crippen LogP contribution in [-0.4, -0.2) is 12.6 Å². The van der Waals surface area contributed by atoms with Gasteiger partial charge in [0.15, 0.2) is 6.61 Å². The highest BCUT2D eigenvalue weighted by atomic mass is 16.5. The second kappa shape index (κ2) is 6.49. The van der Waals surface area contributed by atoms with Crippen LogP contribution in [0.3, 0.4) is 0 Å². The van der Waals surface area contributed by atoms with Crippen LogP contribution >= 0.6 is 0 Å². The third-order valence-corrected chi connectivity index (χ3v) is 5.31. The van der Waals surface area contributed by atoms with Crippen molar-refractivity contribution in [1.82, 2.24) is 5.32 Å². The van der Waals surface area contributed by atoms with Crippen molar-refractivity contribution >= 4 is 0 Å². The Morgan fingerprint density at radius 2 is 2.19 bits per heavy atom. The average molecular weight is 284 g/mol. The molecule has 2 aliphatic carbocycles. The number of nitrogens with one attached hydrogen (secondary N) is 1. The van der Waals surface area contributed by atoms with Crippen molar-refractivity contribution in [2.75, 3.05) is 6.61 Å². The molecular formula is C18H24N2O. The lowest BCUT2D eigenvalue weighted by molar-refractivity contribution is 0.258. The summed E-state index contributed by atoms with van der Waals surface area (Å²) in [4.78, 5) is 0. The predicted octanol–water partition coefficient (Wildman–Crippen LogP) is 3.50. The Hall–Kier alpha value is -1.53. The fourth-order valence-corrected chi connectivity index (χ4v) is 4.23. The van der Waals surface area contributed by atoms with Gasteiger partial charge < -0.3 is 10.1 Å². The lowest BCUT2D eigenvalue weighted by Crippen LogP contribution is -2.35. The first kappa shape index (κ1) is 14.4.